The SMILES string of the molecule is COc1ncc(Cl)c(-n2cncn2)n1. The third-order valence-corrected chi connectivity index (χ3v) is 1.79. The van der Waals surface area contributed by atoms with Crippen LogP contribution >= 0.6 is 11.6 Å². The summed E-state index contributed by atoms with van der Waals surface area (Å²) in [6.07, 6.45) is 4.34. The van der Waals surface area contributed by atoms with Gasteiger partial charge in [0.05, 0.1) is 13.3 Å². The van der Waals surface area contributed by atoms with Gasteiger partial charge in [-0.2, -0.15) is 10.1 Å². The first-order valence-electron chi connectivity index (χ1n) is 3.73. The Balaban J connectivity index is 2.51. The van der Waals surface area contributed by atoms with Gasteiger partial charge in [-0.1, -0.05) is 11.6 Å². The number of nitrogens with zero attached hydrogens (tertiary/aromatic N) is 5. The molecule has 0 unspecified atom stereocenters. The van der Waals surface area contributed by atoms with Gasteiger partial charge in [-0.15, -0.1) is 0 Å². The van der Waals surface area contributed by atoms with Crippen molar-refractivity contribution in [1.82, 2.24) is 24.7 Å². The lowest BCUT2D eigenvalue weighted by Gasteiger charge is -2.03. The first-order valence-corrected chi connectivity index (χ1v) is 4.10. The van der Waals surface area contributed by atoms with Crippen molar-refractivity contribution in [2.75, 3.05) is 7.11 Å². The molecule has 72 valence electrons. The maximum Gasteiger partial charge on any atom is 0.318 e. The van der Waals surface area contributed by atoms with Gasteiger partial charge in [0.25, 0.3) is 0 Å². The summed E-state index contributed by atoms with van der Waals surface area (Å²) in [5.74, 6) is 0.441. The number of rotatable bonds is 2. The molecule has 0 fully saturated rings. The van der Waals surface area contributed by atoms with Crippen LogP contribution in [-0.4, -0.2) is 31.8 Å². The molecule has 0 aliphatic rings. The molecule has 0 aliphatic carbocycles. The standard InChI is InChI=1S/C7H6ClN5O/c1-14-7-10-2-5(8)6(12-7)13-4-9-3-11-13/h2-4H,1H3. The van der Waals surface area contributed by atoms with Gasteiger partial charge in [-0.25, -0.2) is 14.6 Å². The van der Waals surface area contributed by atoms with Crippen molar-refractivity contribution in [1.29, 1.82) is 0 Å². The molecule has 0 bridgehead atoms. The Morgan fingerprint density at radius 1 is 1.50 bits per heavy atom. The minimum Gasteiger partial charge on any atom is -0.467 e. The molecule has 0 atom stereocenters. The highest BCUT2D eigenvalue weighted by Crippen LogP contribution is 2.17. The van der Waals surface area contributed by atoms with Gasteiger partial charge in [0.2, 0.25) is 0 Å². The van der Waals surface area contributed by atoms with Crippen LogP contribution in [0.1, 0.15) is 0 Å². The number of hydrogen-bond acceptors (Lipinski definition) is 5. The molecule has 2 aromatic heterocycles. The van der Waals surface area contributed by atoms with Crippen molar-refractivity contribution < 1.29 is 4.74 Å². The normalized spacial score (nSPS) is 10.1. The molecule has 7 heteroatoms. The summed E-state index contributed by atoms with van der Waals surface area (Å²) in [6, 6.07) is 0.236. The Kier molecular flexibility index (Phi) is 2.28. The van der Waals surface area contributed by atoms with E-state index in [0.29, 0.717) is 10.8 Å². The smallest absolute Gasteiger partial charge is 0.318 e. The van der Waals surface area contributed by atoms with Gasteiger partial charge in [-0.3, -0.25) is 0 Å². The molecule has 0 saturated heterocycles. The lowest BCUT2D eigenvalue weighted by Crippen LogP contribution is -2.02. The number of halogens is 1. The summed E-state index contributed by atoms with van der Waals surface area (Å²) in [4.78, 5) is 11.7. The molecule has 0 amide bonds. The van der Waals surface area contributed by atoms with Crippen molar-refractivity contribution in [3.63, 3.8) is 0 Å². The van der Waals surface area contributed by atoms with E-state index in [1.165, 1.54) is 30.6 Å². The highest BCUT2D eigenvalue weighted by molar-refractivity contribution is 6.32. The number of aromatic nitrogens is 5. The topological polar surface area (TPSA) is 65.7 Å². The van der Waals surface area contributed by atoms with E-state index in [-0.39, 0.29) is 6.01 Å². The number of methoxy groups -OCH3 is 1. The predicted molar refractivity (Wildman–Crippen MR) is 48.5 cm³/mol. The molecule has 2 heterocycles. The lowest BCUT2D eigenvalue weighted by molar-refractivity contribution is 0.379. The fourth-order valence-electron chi connectivity index (χ4n) is 0.919. The Labute approximate surface area is 84.5 Å². The second kappa shape index (κ2) is 3.59. The summed E-state index contributed by atoms with van der Waals surface area (Å²) < 4.78 is 6.30. The van der Waals surface area contributed by atoms with Gasteiger partial charge in [0.15, 0.2) is 5.82 Å². The van der Waals surface area contributed by atoms with E-state index in [1.54, 1.807) is 0 Å². The minimum absolute atomic E-state index is 0.236. The van der Waals surface area contributed by atoms with Gasteiger partial charge >= 0.3 is 6.01 Å². The van der Waals surface area contributed by atoms with Crippen molar-refractivity contribution in [3.05, 3.63) is 23.9 Å². The van der Waals surface area contributed by atoms with Crippen LogP contribution in [0, 0.1) is 0 Å². The Bertz CT molecular complexity index is 430. The summed E-state index contributed by atoms with van der Waals surface area (Å²) >= 11 is 5.88. The van der Waals surface area contributed by atoms with Crippen LogP contribution in [0.15, 0.2) is 18.9 Å². The van der Waals surface area contributed by atoms with E-state index >= 15 is 0 Å². The molecular weight excluding hydrogens is 206 g/mol. The first kappa shape index (κ1) is 8.89. The van der Waals surface area contributed by atoms with Gasteiger partial charge < -0.3 is 4.74 Å². The molecule has 2 rings (SSSR count). The zero-order valence-corrected chi connectivity index (χ0v) is 8.01. The first-order chi connectivity index (χ1) is 6.81. The summed E-state index contributed by atoms with van der Waals surface area (Å²) in [7, 11) is 1.48. The van der Waals surface area contributed by atoms with Gasteiger partial charge in [0, 0.05) is 0 Å². The van der Waals surface area contributed by atoms with E-state index < -0.39 is 0 Å². The zero-order valence-electron chi connectivity index (χ0n) is 7.25. The third-order valence-electron chi connectivity index (χ3n) is 1.52. The third kappa shape index (κ3) is 1.51. The summed E-state index contributed by atoms with van der Waals surface area (Å²) in [6.45, 7) is 0. The van der Waals surface area contributed by atoms with E-state index in [1.807, 2.05) is 0 Å². The average molecular weight is 212 g/mol. The zero-order chi connectivity index (χ0) is 9.97. The predicted octanol–water partition coefficient (Wildman–Crippen LogP) is 0.719. The van der Waals surface area contributed by atoms with Crippen LogP contribution in [0.3, 0.4) is 0 Å². The lowest BCUT2D eigenvalue weighted by atomic mass is 10.6. The maximum absolute atomic E-state index is 5.88. The van der Waals surface area contributed by atoms with E-state index in [2.05, 4.69) is 20.1 Å². The van der Waals surface area contributed by atoms with Crippen LogP contribution in [-0.2, 0) is 0 Å². The summed E-state index contributed by atoms with van der Waals surface area (Å²) in [5.41, 5.74) is 0. The Morgan fingerprint density at radius 3 is 3.00 bits per heavy atom. The molecule has 6 nitrogen and oxygen atoms in total. The highest BCUT2D eigenvalue weighted by Gasteiger charge is 2.07. The minimum atomic E-state index is 0.236. The molecule has 0 aliphatic heterocycles. The fourth-order valence-corrected chi connectivity index (χ4v) is 1.10. The molecule has 0 aromatic carbocycles. The van der Waals surface area contributed by atoms with E-state index in [4.69, 9.17) is 16.3 Å². The molecule has 2 aromatic rings. The van der Waals surface area contributed by atoms with Crippen LogP contribution in [0.4, 0.5) is 0 Å². The number of ether oxygens (including phenoxy) is 1. The average Bonchev–Trinajstić information content (AvgIpc) is 2.71. The number of hydrogen-bond donors (Lipinski definition) is 0. The molecule has 0 N–H and O–H groups in total. The quantitative estimate of drug-likeness (QED) is 0.732. The maximum atomic E-state index is 5.88. The second-order valence-electron chi connectivity index (χ2n) is 2.37. The van der Waals surface area contributed by atoms with E-state index in [0.717, 1.165) is 0 Å². The second-order valence-corrected chi connectivity index (χ2v) is 2.78. The molecule has 14 heavy (non-hydrogen) atoms. The van der Waals surface area contributed by atoms with Gasteiger partial charge in [0.1, 0.15) is 17.7 Å². The van der Waals surface area contributed by atoms with Crippen LogP contribution < -0.4 is 4.74 Å². The highest BCUT2D eigenvalue weighted by atomic mass is 35.5. The molecular formula is C7H6ClN5O. The van der Waals surface area contributed by atoms with Crippen LogP contribution in [0.25, 0.3) is 5.82 Å². The van der Waals surface area contributed by atoms with Crippen molar-refractivity contribution in [2.24, 2.45) is 0 Å². The molecule has 0 spiro atoms. The van der Waals surface area contributed by atoms with Crippen molar-refractivity contribution in [3.8, 4) is 11.8 Å². The van der Waals surface area contributed by atoms with Gasteiger partial charge in [-0.05, 0) is 0 Å². The van der Waals surface area contributed by atoms with Crippen molar-refractivity contribution in [2.45, 2.75) is 0 Å². The van der Waals surface area contributed by atoms with E-state index in [9.17, 15) is 0 Å². The fraction of sp³-hybridized carbons (Fsp3) is 0.143. The largest absolute Gasteiger partial charge is 0.467 e. The van der Waals surface area contributed by atoms with Crippen LogP contribution in [0.2, 0.25) is 5.02 Å². The van der Waals surface area contributed by atoms with Crippen LogP contribution in [0.5, 0.6) is 6.01 Å². The van der Waals surface area contributed by atoms with Crippen molar-refractivity contribution >= 4 is 11.6 Å². The molecule has 0 saturated carbocycles. The summed E-state index contributed by atoms with van der Waals surface area (Å²) in [5, 5.41) is 4.28. The Morgan fingerprint density at radius 2 is 2.36 bits per heavy atom. The monoisotopic (exact) mass is 211 g/mol. The Hall–Kier alpha value is -1.69. The molecule has 0 radical (unpaired) electrons.